The van der Waals surface area contributed by atoms with Crippen LogP contribution in [-0.4, -0.2) is 20.7 Å². The molecule has 0 saturated heterocycles. The van der Waals surface area contributed by atoms with E-state index < -0.39 is 0 Å². The topological polar surface area (TPSA) is 59.8 Å². The molecule has 1 N–H and O–H groups in total. The summed E-state index contributed by atoms with van der Waals surface area (Å²) in [5.41, 5.74) is 2.80. The molecule has 32 heavy (non-hydrogen) atoms. The van der Waals surface area contributed by atoms with Crippen molar-refractivity contribution < 1.29 is 4.79 Å². The number of nitrogens with one attached hydrogen (secondary N) is 1. The second kappa shape index (κ2) is 11.0. The molecule has 8 heteroatoms. The lowest BCUT2D eigenvalue weighted by Crippen LogP contribution is -2.34. The Bertz CT molecular complexity index is 1100. The highest BCUT2D eigenvalue weighted by atomic mass is 35.5. The molecule has 0 aliphatic rings. The summed E-state index contributed by atoms with van der Waals surface area (Å²) in [7, 11) is 0. The first-order valence-electron chi connectivity index (χ1n) is 10.3. The second-order valence-corrected chi connectivity index (χ2v) is 9.62. The summed E-state index contributed by atoms with van der Waals surface area (Å²) in [5.74, 6) is 1.25. The van der Waals surface area contributed by atoms with E-state index in [4.69, 9.17) is 23.2 Å². The fourth-order valence-electron chi connectivity index (χ4n) is 3.19. The van der Waals surface area contributed by atoms with Gasteiger partial charge in [0.1, 0.15) is 0 Å². The average molecular weight is 489 g/mol. The first-order valence-corrected chi connectivity index (χ1v) is 12.0. The number of halogens is 2. The first-order chi connectivity index (χ1) is 15.3. The minimum atomic E-state index is -0.351. The van der Waals surface area contributed by atoms with E-state index in [1.807, 2.05) is 18.4 Å². The van der Waals surface area contributed by atoms with Gasteiger partial charge in [0.2, 0.25) is 0 Å². The van der Waals surface area contributed by atoms with Crippen LogP contribution < -0.4 is 5.32 Å². The molecule has 5 nitrogen and oxygen atoms in total. The molecule has 3 aromatic rings. The lowest BCUT2D eigenvalue weighted by molar-refractivity contribution is 0.0922. The van der Waals surface area contributed by atoms with Gasteiger partial charge in [0.25, 0.3) is 5.91 Å². The minimum absolute atomic E-state index is 0.0766. The standard InChI is InChI=1S/C24H26Cl2N4OS/c1-5-12-30-22(28-29-24(30)32-14-17-8-6-16(4)7-9-17)21(15(2)3)27-23(31)19-11-10-18(25)13-20(19)26/h5-11,13,15,21H,1,12,14H2,2-4H3,(H,27,31)/t21-/m0/s1. The van der Waals surface area contributed by atoms with Crippen molar-refractivity contribution >= 4 is 40.9 Å². The van der Waals surface area contributed by atoms with Crippen LogP contribution in [0.15, 0.2) is 60.3 Å². The third-order valence-corrected chi connectivity index (χ3v) is 6.54. The van der Waals surface area contributed by atoms with Gasteiger partial charge in [-0.2, -0.15) is 0 Å². The normalized spacial score (nSPS) is 12.1. The smallest absolute Gasteiger partial charge is 0.253 e. The number of hydrogen-bond acceptors (Lipinski definition) is 4. The highest BCUT2D eigenvalue weighted by molar-refractivity contribution is 7.98. The third-order valence-electron chi connectivity index (χ3n) is 4.95. The van der Waals surface area contributed by atoms with Crippen LogP contribution in [0.25, 0.3) is 0 Å². The summed E-state index contributed by atoms with van der Waals surface area (Å²) in [5, 5.41) is 13.5. The molecular formula is C24H26Cl2N4OS. The van der Waals surface area contributed by atoms with E-state index in [-0.39, 0.29) is 17.9 Å². The Morgan fingerprint density at radius 3 is 2.53 bits per heavy atom. The minimum Gasteiger partial charge on any atom is -0.342 e. The van der Waals surface area contributed by atoms with E-state index in [0.717, 1.165) is 10.9 Å². The van der Waals surface area contributed by atoms with Crippen LogP contribution in [0.3, 0.4) is 0 Å². The molecule has 0 saturated carbocycles. The molecule has 3 rings (SSSR count). The molecule has 168 valence electrons. The fourth-order valence-corrected chi connectivity index (χ4v) is 4.60. The highest BCUT2D eigenvalue weighted by Crippen LogP contribution is 2.28. The number of thioether (sulfide) groups is 1. The van der Waals surface area contributed by atoms with Crippen LogP contribution in [0.4, 0.5) is 0 Å². The maximum absolute atomic E-state index is 13.0. The number of hydrogen-bond donors (Lipinski definition) is 1. The zero-order valence-corrected chi connectivity index (χ0v) is 20.6. The number of carbonyl (C=O) groups excluding carboxylic acids is 1. The Hall–Kier alpha value is -2.28. The van der Waals surface area contributed by atoms with Crippen molar-refractivity contribution in [3.05, 3.63) is 87.7 Å². The molecule has 0 unspecified atom stereocenters. The molecule has 0 spiro atoms. The van der Waals surface area contributed by atoms with Gasteiger partial charge in [0.05, 0.1) is 16.6 Å². The highest BCUT2D eigenvalue weighted by Gasteiger charge is 2.27. The number of aryl methyl sites for hydroxylation is 1. The summed E-state index contributed by atoms with van der Waals surface area (Å²) < 4.78 is 2.00. The van der Waals surface area contributed by atoms with Gasteiger partial charge in [-0.05, 0) is 36.6 Å². The lowest BCUT2D eigenvalue weighted by Gasteiger charge is -2.23. The molecule has 1 amide bonds. The SMILES string of the molecule is C=CCn1c(SCc2ccc(C)cc2)nnc1[C@@H](NC(=O)c1ccc(Cl)cc1Cl)C(C)C. The third kappa shape index (κ3) is 5.94. The van der Waals surface area contributed by atoms with Gasteiger partial charge in [-0.3, -0.25) is 4.79 Å². The van der Waals surface area contributed by atoms with E-state index in [9.17, 15) is 4.79 Å². The van der Waals surface area contributed by atoms with Crippen molar-refractivity contribution in [2.75, 3.05) is 0 Å². The van der Waals surface area contributed by atoms with Gasteiger partial charge >= 0.3 is 0 Å². The molecule has 0 radical (unpaired) electrons. The molecule has 0 fully saturated rings. The van der Waals surface area contributed by atoms with E-state index in [0.29, 0.717) is 28.0 Å². The van der Waals surface area contributed by atoms with Gasteiger partial charge < -0.3 is 9.88 Å². The summed E-state index contributed by atoms with van der Waals surface area (Å²) in [4.78, 5) is 13.0. The number of aromatic nitrogens is 3. The van der Waals surface area contributed by atoms with Gasteiger partial charge in [0, 0.05) is 17.3 Å². The molecule has 0 bridgehead atoms. The van der Waals surface area contributed by atoms with Crippen molar-refractivity contribution in [3.63, 3.8) is 0 Å². The summed E-state index contributed by atoms with van der Waals surface area (Å²) in [6.07, 6.45) is 1.80. The summed E-state index contributed by atoms with van der Waals surface area (Å²) >= 11 is 13.8. The number of nitrogens with zero attached hydrogens (tertiary/aromatic N) is 3. The van der Waals surface area contributed by atoms with Crippen LogP contribution >= 0.6 is 35.0 Å². The van der Waals surface area contributed by atoms with Crippen molar-refractivity contribution in [1.82, 2.24) is 20.1 Å². The van der Waals surface area contributed by atoms with E-state index in [1.54, 1.807) is 36.0 Å². The molecule has 1 heterocycles. The van der Waals surface area contributed by atoms with Crippen molar-refractivity contribution in [1.29, 1.82) is 0 Å². The molecule has 0 aliphatic heterocycles. The fraction of sp³-hybridized carbons (Fsp3) is 0.292. The number of benzene rings is 2. The Morgan fingerprint density at radius 1 is 1.19 bits per heavy atom. The van der Waals surface area contributed by atoms with E-state index >= 15 is 0 Å². The maximum atomic E-state index is 13.0. The average Bonchev–Trinajstić information content (AvgIpc) is 3.13. The van der Waals surface area contributed by atoms with Gasteiger partial charge in [-0.1, -0.05) is 84.7 Å². The van der Waals surface area contributed by atoms with Crippen LogP contribution in [0.2, 0.25) is 10.0 Å². The Balaban J connectivity index is 1.84. The predicted molar refractivity (Wildman–Crippen MR) is 132 cm³/mol. The molecule has 1 aromatic heterocycles. The molecule has 2 aromatic carbocycles. The number of allylic oxidation sites excluding steroid dienone is 1. The molecule has 0 aliphatic carbocycles. The Kier molecular flexibility index (Phi) is 8.40. The quantitative estimate of drug-likeness (QED) is 0.275. The number of carbonyl (C=O) groups is 1. The van der Waals surface area contributed by atoms with Crippen molar-refractivity contribution in [3.8, 4) is 0 Å². The first kappa shape index (κ1) is 24.4. The molecule has 1 atom stereocenters. The monoisotopic (exact) mass is 488 g/mol. The van der Waals surface area contributed by atoms with Gasteiger partial charge in [-0.25, -0.2) is 0 Å². The summed E-state index contributed by atoms with van der Waals surface area (Å²) in [6, 6.07) is 12.9. The van der Waals surface area contributed by atoms with Crippen molar-refractivity contribution in [2.24, 2.45) is 5.92 Å². The van der Waals surface area contributed by atoms with Crippen LogP contribution in [0.1, 0.15) is 47.2 Å². The van der Waals surface area contributed by atoms with E-state index in [1.165, 1.54) is 11.1 Å². The van der Waals surface area contributed by atoms with Crippen LogP contribution in [0, 0.1) is 12.8 Å². The van der Waals surface area contributed by atoms with Gasteiger partial charge in [-0.15, -0.1) is 16.8 Å². The summed E-state index contributed by atoms with van der Waals surface area (Å²) in [6.45, 7) is 10.5. The van der Waals surface area contributed by atoms with Crippen molar-refractivity contribution in [2.45, 2.75) is 44.3 Å². The largest absolute Gasteiger partial charge is 0.342 e. The number of rotatable bonds is 9. The van der Waals surface area contributed by atoms with Crippen LogP contribution in [0.5, 0.6) is 0 Å². The Morgan fingerprint density at radius 2 is 1.91 bits per heavy atom. The lowest BCUT2D eigenvalue weighted by atomic mass is 10.0. The van der Waals surface area contributed by atoms with E-state index in [2.05, 4.69) is 53.3 Å². The zero-order valence-electron chi connectivity index (χ0n) is 18.3. The maximum Gasteiger partial charge on any atom is 0.253 e. The Labute approximate surface area is 203 Å². The van der Waals surface area contributed by atoms with Crippen LogP contribution in [-0.2, 0) is 12.3 Å². The zero-order chi connectivity index (χ0) is 23.3. The van der Waals surface area contributed by atoms with Gasteiger partial charge in [0.15, 0.2) is 11.0 Å². The number of amides is 1. The second-order valence-electron chi connectivity index (χ2n) is 7.83. The molecular weight excluding hydrogens is 463 g/mol. The predicted octanol–water partition coefficient (Wildman–Crippen LogP) is 6.50.